The zero-order valence-corrected chi connectivity index (χ0v) is 12.2. The van der Waals surface area contributed by atoms with Crippen molar-refractivity contribution < 1.29 is 13.2 Å². The molecule has 1 heterocycles. The second-order valence-corrected chi connectivity index (χ2v) is 6.81. The standard InChI is InChI=1S/C14H18N2O3S/c1-11-13(6-7-19-11)9-16-20(17,18)10-14-5-3-2-4-12(14)8-15/h2-5,11,13,16H,6-7,9-10H2,1H3. The molecule has 1 N–H and O–H groups in total. The van der Waals surface area contributed by atoms with E-state index in [0.29, 0.717) is 24.3 Å². The van der Waals surface area contributed by atoms with Crippen molar-refractivity contribution in [3.63, 3.8) is 0 Å². The van der Waals surface area contributed by atoms with Crippen molar-refractivity contribution in [2.45, 2.75) is 25.2 Å². The first-order valence-electron chi connectivity index (χ1n) is 6.59. The fourth-order valence-electron chi connectivity index (χ4n) is 2.29. The molecule has 0 bridgehead atoms. The zero-order chi connectivity index (χ0) is 14.6. The average Bonchev–Trinajstić information content (AvgIpc) is 2.82. The predicted octanol–water partition coefficient (Wildman–Crippen LogP) is 1.40. The van der Waals surface area contributed by atoms with Crippen LogP contribution in [-0.2, 0) is 20.5 Å². The molecule has 2 atom stereocenters. The highest BCUT2D eigenvalue weighted by Gasteiger charge is 2.25. The Balaban J connectivity index is 1.99. The minimum Gasteiger partial charge on any atom is -0.378 e. The molecule has 1 aliphatic heterocycles. The zero-order valence-electron chi connectivity index (χ0n) is 11.4. The SMILES string of the molecule is CC1OCCC1CNS(=O)(=O)Cc1ccccc1C#N. The molecule has 2 rings (SSSR count). The van der Waals surface area contributed by atoms with Crippen molar-refractivity contribution in [3.8, 4) is 6.07 Å². The van der Waals surface area contributed by atoms with Gasteiger partial charge in [0.25, 0.3) is 0 Å². The molecule has 0 radical (unpaired) electrons. The molecule has 5 nitrogen and oxygen atoms in total. The lowest BCUT2D eigenvalue weighted by Gasteiger charge is -2.15. The molecule has 1 fully saturated rings. The number of ether oxygens (including phenoxy) is 1. The van der Waals surface area contributed by atoms with E-state index in [1.54, 1.807) is 24.3 Å². The Kier molecular flexibility index (Phi) is 4.76. The van der Waals surface area contributed by atoms with Gasteiger partial charge in [0, 0.05) is 19.1 Å². The van der Waals surface area contributed by atoms with E-state index in [2.05, 4.69) is 4.72 Å². The van der Waals surface area contributed by atoms with Gasteiger partial charge in [0.1, 0.15) is 0 Å². The topological polar surface area (TPSA) is 79.2 Å². The quantitative estimate of drug-likeness (QED) is 0.890. The van der Waals surface area contributed by atoms with Gasteiger partial charge in [-0.3, -0.25) is 0 Å². The lowest BCUT2D eigenvalue weighted by molar-refractivity contribution is 0.107. The molecule has 0 spiro atoms. The van der Waals surface area contributed by atoms with Gasteiger partial charge in [-0.05, 0) is 25.0 Å². The van der Waals surface area contributed by atoms with Gasteiger partial charge in [0.05, 0.1) is 23.5 Å². The van der Waals surface area contributed by atoms with Crippen LogP contribution in [0, 0.1) is 17.2 Å². The fraction of sp³-hybridized carbons (Fsp3) is 0.500. The summed E-state index contributed by atoms with van der Waals surface area (Å²) in [6.07, 6.45) is 0.961. The van der Waals surface area contributed by atoms with Crippen LogP contribution in [0.5, 0.6) is 0 Å². The van der Waals surface area contributed by atoms with Crippen LogP contribution in [0.4, 0.5) is 0 Å². The molecule has 2 unspecified atom stereocenters. The molecular formula is C14H18N2O3S. The van der Waals surface area contributed by atoms with Gasteiger partial charge in [-0.1, -0.05) is 18.2 Å². The minimum absolute atomic E-state index is 0.0871. The second kappa shape index (κ2) is 6.35. The van der Waals surface area contributed by atoms with Gasteiger partial charge in [-0.25, -0.2) is 13.1 Å². The van der Waals surface area contributed by atoms with Gasteiger partial charge >= 0.3 is 0 Å². The number of hydrogen-bond acceptors (Lipinski definition) is 4. The molecule has 0 aromatic heterocycles. The Morgan fingerprint density at radius 3 is 2.85 bits per heavy atom. The lowest BCUT2D eigenvalue weighted by Crippen LogP contribution is -2.32. The summed E-state index contributed by atoms with van der Waals surface area (Å²) in [7, 11) is -3.43. The third-order valence-electron chi connectivity index (χ3n) is 3.58. The molecule has 1 saturated heterocycles. The van der Waals surface area contributed by atoms with Crippen molar-refractivity contribution in [3.05, 3.63) is 35.4 Å². The molecule has 108 valence electrons. The Bertz CT molecular complexity index is 607. The second-order valence-electron chi connectivity index (χ2n) is 5.00. The third-order valence-corrected chi connectivity index (χ3v) is 4.88. The fourth-order valence-corrected chi connectivity index (χ4v) is 3.52. The van der Waals surface area contributed by atoms with E-state index < -0.39 is 10.0 Å². The van der Waals surface area contributed by atoms with E-state index in [0.717, 1.165) is 6.42 Å². The third kappa shape index (κ3) is 3.79. The predicted molar refractivity (Wildman–Crippen MR) is 75.3 cm³/mol. The summed E-state index contributed by atoms with van der Waals surface area (Å²) in [5.74, 6) is 0.0505. The van der Waals surface area contributed by atoms with Gasteiger partial charge in [-0.15, -0.1) is 0 Å². The number of rotatable bonds is 5. The van der Waals surface area contributed by atoms with Crippen LogP contribution >= 0.6 is 0 Å². The Morgan fingerprint density at radius 1 is 1.45 bits per heavy atom. The Hall–Kier alpha value is -1.42. The highest BCUT2D eigenvalue weighted by Crippen LogP contribution is 2.20. The minimum atomic E-state index is -3.43. The van der Waals surface area contributed by atoms with E-state index in [1.807, 2.05) is 13.0 Å². The monoisotopic (exact) mass is 294 g/mol. The highest BCUT2D eigenvalue weighted by atomic mass is 32.2. The van der Waals surface area contributed by atoms with Crippen molar-refractivity contribution >= 4 is 10.0 Å². The van der Waals surface area contributed by atoms with Crippen LogP contribution in [0.25, 0.3) is 0 Å². The summed E-state index contributed by atoms with van der Waals surface area (Å²) in [5.41, 5.74) is 0.925. The van der Waals surface area contributed by atoms with Crippen molar-refractivity contribution in [2.24, 2.45) is 5.92 Å². The number of nitrogens with one attached hydrogen (secondary N) is 1. The number of nitriles is 1. The maximum atomic E-state index is 12.1. The maximum absolute atomic E-state index is 12.1. The van der Waals surface area contributed by atoms with Gasteiger partial charge in [-0.2, -0.15) is 5.26 Å². The van der Waals surface area contributed by atoms with Gasteiger partial charge in [0.15, 0.2) is 0 Å². The summed E-state index contributed by atoms with van der Waals surface area (Å²) in [4.78, 5) is 0. The number of benzene rings is 1. The highest BCUT2D eigenvalue weighted by molar-refractivity contribution is 7.88. The van der Waals surface area contributed by atoms with Gasteiger partial charge in [0.2, 0.25) is 10.0 Å². The van der Waals surface area contributed by atoms with E-state index in [9.17, 15) is 8.42 Å². The molecule has 20 heavy (non-hydrogen) atoms. The van der Waals surface area contributed by atoms with Gasteiger partial charge < -0.3 is 4.74 Å². The van der Waals surface area contributed by atoms with Crippen molar-refractivity contribution in [1.82, 2.24) is 4.72 Å². The largest absolute Gasteiger partial charge is 0.378 e. The van der Waals surface area contributed by atoms with Crippen LogP contribution in [-0.4, -0.2) is 27.7 Å². The summed E-state index contributed by atoms with van der Waals surface area (Å²) in [6.45, 7) is 3.03. The first-order chi connectivity index (χ1) is 9.52. The van der Waals surface area contributed by atoms with Crippen LogP contribution in [0.1, 0.15) is 24.5 Å². The smallest absolute Gasteiger partial charge is 0.215 e. The van der Waals surface area contributed by atoms with Crippen LogP contribution < -0.4 is 4.72 Å². The Labute approximate surface area is 119 Å². The first kappa shape index (κ1) is 15.0. The molecule has 6 heteroatoms. The molecule has 1 aromatic rings. The molecule has 0 aliphatic carbocycles. The number of hydrogen-bond donors (Lipinski definition) is 1. The van der Waals surface area contributed by atoms with E-state index in [4.69, 9.17) is 10.00 Å². The van der Waals surface area contributed by atoms with Crippen molar-refractivity contribution in [2.75, 3.05) is 13.2 Å². The van der Waals surface area contributed by atoms with E-state index in [-0.39, 0.29) is 17.8 Å². The van der Waals surface area contributed by atoms with Crippen LogP contribution in [0.15, 0.2) is 24.3 Å². The summed E-state index contributed by atoms with van der Waals surface area (Å²) in [5, 5.41) is 8.97. The average molecular weight is 294 g/mol. The summed E-state index contributed by atoms with van der Waals surface area (Å²) < 4.78 is 32.2. The molecule has 1 aromatic carbocycles. The molecule has 0 amide bonds. The molecule has 1 aliphatic rings. The van der Waals surface area contributed by atoms with Crippen molar-refractivity contribution in [1.29, 1.82) is 5.26 Å². The number of nitrogens with zero attached hydrogens (tertiary/aromatic N) is 1. The van der Waals surface area contributed by atoms with Crippen LogP contribution in [0.3, 0.4) is 0 Å². The van der Waals surface area contributed by atoms with Crippen LogP contribution in [0.2, 0.25) is 0 Å². The van der Waals surface area contributed by atoms with E-state index in [1.165, 1.54) is 0 Å². The molecular weight excluding hydrogens is 276 g/mol. The summed E-state index contributed by atoms with van der Waals surface area (Å²) in [6, 6.07) is 8.76. The number of sulfonamides is 1. The lowest BCUT2D eigenvalue weighted by atomic mass is 10.0. The maximum Gasteiger partial charge on any atom is 0.215 e. The molecule has 0 saturated carbocycles. The van der Waals surface area contributed by atoms with E-state index >= 15 is 0 Å². The summed E-state index contributed by atoms with van der Waals surface area (Å²) >= 11 is 0. The first-order valence-corrected chi connectivity index (χ1v) is 8.24. The Morgan fingerprint density at radius 2 is 2.20 bits per heavy atom. The normalized spacial score (nSPS) is 22.6.